The Kier molecular flexibility index (Phi) is 4.70. The number of aliphatic hydroxyl groups excluding tert-OH is 1. The van der Waals surface area contributed by atoms with Crippen LogP contribution in [0.4, 0.5) is 0 Å². The number of rotatable bonds is 6. The second-order valence-corrected chi connectivity index (χ2v) is 3.97. The summed E-state index contributed by atoms with van der Waals surface area (Å²) in [4.78, 5) is 0. The van der Waals surface area contributed by atoms with Gasteiger partial charge in [0.25, 0.3) is 0 Å². The maximum absolute atomic E-state index is 9.11. The van der Waals surface area contributed by atoms with Crippen LogP contribution in [0, 0.1) is 5.92 Å². The van der Waals surface area contributed by atoms with Gasteiger partial charge in [0.15, 0.2) is 0 Å². The average Bonchev–Trinajstić information content (AvgIpc) is 2.64. The molecule has 0 radical (unpaired) electrons. The first kappa shape index (κ1) is 11.3. The van der Waals surface area contributed by atoms with Gasteiger partial charge in [-0.3, -0.25) is 0 Å². The molecule has 2 N–H and O–H groups in total. The van der Waals surface area contributed by atoms with E-state index in [1.54, 1.807) is 6.26 Å². The van der Waals surface area contributed by atoms with Gasteiger partial charge >= 0.3 is 0 Å². The van der Waals surface area contributed by atoms with Gasteiger partial charge in [0.05, 0.1) is 19.4 Å². The molecule has 0 saturated heterocycles. The molecule has 0 aromatic carbocycles. The Morgan fingerprint density at radius 1 is 1.50 bits per heavy atom. The van der Waals surface area contributed by atoms with Crippen molar-refractivity contribution < 1.29 is 9.52 Å². The predicted octanol–water partition coefficient (Wildman–Crippen LogP) is 1.78. The zero-order valence-electron chi connectivity index (χ0n) is 8.86. The molecule has 0 saturated carbocycles. The van der Waals surface area contributed by atoms with E-state index in [4.69, 9.17) is 9.52 Å². The van der Waals surface area contributed by atoms with Crippen LogP contribution < -0.4 is 5.32 Å². The van der Waals surface area contributed by atoms with Crippen LogP contribution in [0.5, 0.6) is 0 Å². The van der Waals surface area contributed by atoms with E-state index in [1.807, 2.05) is 12.1 Å². The molecule has 0 amide bonds. The van der Waals surface area contributed by atoms with E-state index >= 15 is 0 Å². The largest absolute Gasteiger partial charge is 0.468 e. The highest BCUT2D eigenvalue weighted by Gasteiger charge is 2.09. The number of hydrogen-bond donors (Lipinski definition) is 2. The molecule has 1 atom stereocenters. The molecule has 1 rings (SSSR count). The highest BCUT2D eigenvalue weighted by atomic mass is 16.3. The monoisotopic (exact) mass is 197 g/mol. The van der Waals surface area contributed by atoms with E-state index in [1.165, 1.54) is 0 Å². The lowest BCUT2D eigenvalue weighted by Gasteiger charge is -2.17. The molecule has 14 heavy (non-hydrogen) atoms. The minimum atomic E-state index is 0.167. The van der Waals surface area contributed by atoms with Crippen molar-refractivity contribution >= 4 is 0 Å². The van der Waals surface area contributed by atoms with Crippen LogP contribution in [0.15, 0.2) is 22.8 Å². The lowest BCUT2D eigenvalue weighted by Crippen LogP contribution is -2.33. The molecule has 3 heteroatoms. The Labute approximate surface area is 85.1 Å². The fourth-order valence-electron chi connectivity index (χ4n) is 1.45. The van der Waals surface area contributed by atoms with Crippen LogP contribution in [0.1, 0.15) is 26.0 Å². The highest BCUT2D eigenvalue weighted by molar-refractivity contribution is 4.97. The van der Waals surface area contributed by atoms with Crippen molar-refractivity contribution in [2.24, 2.45) is 5.92 Å². The van der Waals surface area contributed by atoms with Gasteiger partial charge in [-0.25, -0.2) is 0 Å². The van der Waals surface area contributed by atoms with E-state index in [9.17, 15) is 0 Å². The first-order valence-electron chi connectivity index (χ1n) is 5.09. The standard InChI is InChI=1S/C11H19NO2/c1-9(2)6-10(8-13)12-7-11-4-3-5-14-11/h3-5,9-10,12-13H,6-8H2,1-2H3/t10-/m0/s1. The zero-order valence-corrected chi connectivity index (χ0v) is 8.86. The molecule has 0 fully saturated rings. The smallest absolute Gasteiger partial charge is 0.117 e. The summed E-state index contributed by atoms with van der Waals surface area (Å²) < 4.78 is 5.19. The Hall–Kier alpha value is -0.800. The Balaban J connectivity index is 2.27. The topological polar surface area (TPSA) is 45.4 Å². The van der Waals surface area contributed by atoms with E-state index in [0.29, 0.717) is 12.5 Å². The summed E-state index contributed by atoms with van der Waals surface area (Å²) >= 11 is 0. The lowest BCUT2D eigenvalue weighted by molar-refractivity contribution is 0.221. The molecule has 0 aliphatic carbocycles. The second-order valence-electron chi connectivity index (χ2n) is 3.97. The quantitative estimate of drug-likeness (QED) is 0.730. The Bertz CT molecular complexity index is 231. The minimum Gasteiger partial charge on any atom is -0.468 e. The summed E-state index contributed by atoms with van der Waals surface area (Å²) in [7, 11) is 0. The van der Waals surface area contributed by atoms with Crippen LogP contribution in [0.3, 0.4) is 0 Å². The normalized spacial score (nSPS) is 13.4. The molecule has 0 bridgehead atoms. The number of hydrogen-bond acceptors (Lipinski definition) is 3. The van der Waals surface area contributed by atoms with Gasteiger partial charge in [-0.05, 0) is 24.5 Å². The van der Waals surface area contributed by atoms with E-state index in [2.05, 4.69) is 19.2 Å². The van der Waals surface area contributed by atoms with Gasteiger partial charge in [-0.1, -0.05) is 13.8 Å². The van der Waals surface area contributed by atoms with Gasteiger partial charge in [0, 0.05) is 6.04 Å². The minimum absolute atomic E-state index is 0.167. The van der Waals surface area contributed by atoms with Crippen molar-refractivity contribution in [1.82, 2.24) is 5.32 Å². The maximum atomic E-state index is 9.11. The molecular formula is C11H19NO2. The van der Waals surface area contributed by atoms with Gasteiger partial charge in [0.2, 0.25) is 0 Å². The van der Waals surface area contributed by atoms with Gasteiger partial charge in [-0.15, -0.1) is 0 Å². The van der Waals surface area contributed by atoms with E-state index in [0.717, 1.165) is 12.2 Å². The molecule has 0 aliphatic heterocycles. The fourth-order valence-corrected chi connectivity index (χ4v) is 1.45. The molecule has 0 unspecified atom stereocenters. The fraction of sp³-hybridized carbons (Fsp3) is 0.636. The van der Waals surface area contributed by atoms with E-state index < -0.39 is 0 Å². The van der Waals surface area contributed by atoms with Crippen LogP contribution in [0.2, 0.25) is 0 Å². The molecular weight excluding hydrogens is 178 g/mol. The molecule has 1 heterocycles. The maximum Gasteiger partial charge on any atom is 0.117 e. The summed E-state index contributed by atoms with van der Waals surface area (Å²) in [6.45, 7) is 5.16. The summed E-state index contributed by atoms with van der Waals surface area (Å²) in [6, 6.07) is 3.96. The van der Waals surface area contributed by atoms with Crippen LogP contribution in [0.25, 0.3) is 0 Å². The van der Waals surface area contributed by atoms with Gasteiger partial charge < -0.3 is 14.8 Å². The number of nitrogens with one attached hydrogen (secondary N) is 1. The highest BCUT2D eigenvalue weighted by Crippen LogP contribution is 2.06. The summed E-state index contributed by atoms with van der Waals surface area (Å²) in [6.07, 6.45) is 2.64. The SMILES string of the molecule is CC(C)C[C@@H](CO)NCc1ccco1. The van der Waals surface area contributed by atoms with Crippen molar-refractivity contribution in [3.05, 3.63) is 24.2 Å². The summed E-state index contributed by atoms with van der Waals surface area (Å²) in [5.41, 5.74) is 0. The third kappa shape index (κ3) is 3.94. The lowest BCUT2D eigenvalue weighted by atomic mass is 10.0. The van der Waals surface area contributed by atoms with Gasteiger partial charge in [0.1, 0.15) is 5.76 Å². The predicted molar refractivity (Wildman–Crippen MR) is 55.9 cm³/mol. The summed E-state index contributed by atoms with van der Waals surface area (Å²) in [5.74, 6) is 1.50. The molecule has 0 aliphatic rings. The number of aliphatic hydroxyl groups is 1. The molecule has 0 spiro atoms. The average molecular weight is 197 g/mol. The van der Waals surface area contributed by atoms with Crippen molar-refractivity contribution in [2.75, 3.05) is 6.61 Å². The van der Waals surface area contributed by atoms with Crippen LogP contribution >= 0.6 is 0 Å². The molecule has 1 aromatic heterocycles. The molecule has 1 aromatic rings. The van der Waals surface area contributed by atoms with Crippen LogP contribution in [-0.4, -0.2) is 17.8 Å². The Morgan fingerprint density at radius 3 is 2.79 bits per heavy atom. The van der Waals surface area contributed by atoms with Gasteiger partial charge in [-0.2, -0.15) is 0 Å². The zero-order chi connectivity index (χ0) is 10.4. The summed E-state index contributed by atoms with van der Waals surface area (Å²) in [5, 5.41) is 12.4. The third-order valence-corrected chi connectivity index (χ3v) is 2.12. The third-order valence-electron chi connectivity index (χ3n) is 2.12. The van der Waals surface area contributed by atoms with Crippen LogP contribution in [-0.2, 0) is 6.54 Å². The Morgan fingerprint density at radius 2 is 2.29 bits per heavy atom. The van der Waals surface area contributed by atoms with E-state index in [-0.39, 0.29) is 12.6 Å². The van der Waals surface area contributed by atoms with Crippen molar-refractivity contribution in [2.45, 2.75) is 32.9 Å². The molecule has 3 nitrogen and oxygen atoms in total. The number of furan rings is 1. The van der Waals surface area contributed by atoms with Crippen molar-refractivity contribution in [1.29, 1.82) is 0 Å². The first-order valence-corrected chi connectivity index (χ1v) is 5.09. The van der Waals surface area contributed by atoms with Crippen molar-refractivity contribution in [3.63, 3.8) is 0 Å². The molecule has 80 valence electrons. The van der Waals surface area contributed by atoms with Crippen molar-refractivity contribution in [3.8, 4) is 0 Å². The first-order chi connectivity index (χ1) is 6.72. The second kappa shape index (κ2) is 5.83.